The van der Waals surface area contributed by atoms with E-state index in [1.165, 1.54) is 24.3 Å². The fraction of sp³-hybridized carbons (Fsp3) is 0.238. The smallest absolute Gasteiger partial charge is 0.162 e. The topological polar surface area (TPSA) is 158 Å². The molecule has 13 nitrogen and oxygen atoms in total. The molecule has 0 amide bonds. The van der Waals surface area contributed by atoms with Gasteiger partial charge in [-0.15, -0.1) is 0 Å². The average molecular weight is 840 g/mol. The number of ether oxygens (including phenoxy) is 2. The molecule has 0 aliphatic heterocycles. The number of hydrogen-bond donors (Lipinski definition) is 1. The maximum absolute atomic E-state index is 14.2. The fourth-order valence-electron chi connectivity index (χ4n) is 6.40. The van der Waals surface area contributed by atoms with E-state index >= 15 is 0 Å². The molecule has 7 aromatic rings. The zero-order valence-corrected chi connectivity index (χ0v) is 34.1. The van der Waals surface area contributed by atoms with Crippen LogP contribution in [0.4, 0.5) is 8.78 Å². The van der Waals surface area contributed by atoms with E-state index in [1.807, 2.05) is 43.3 Å². The molecule has 0 bridgehead atoms. The minimum atomic E-state index is -0.872. The highest BCUT2D eigenvalue weighted by Crippen LogP contribution is 2.30. The van der Waals surface area contributed by atoms with E-state index in [2.05, 4.69) is 20.4 Å². The SMILES string of the molecule is COc1ccc(CO[C@H](C)c2cc(F)ccc2-n2nc(Cl)cc2Cc2cc(C#N)nn2C)cc1.C[C@@H](O)c1cc(F)ccc1-n1nc(Cl)cc1Cc1cc(C#N)nn1C. The van der Waals surface area contributed by atoms with Gasteiger partial charge >= 0.3 is 0 Å². The first kappa shape index (κ1) is 42.3. The van der Waals surface area contributed by atoms with Gasteiger partial charge in [-0.3, -0.25) is 9.36 Å². The lowest BCUT2D eigenvalue weighted by atomic mass is 10.1. The van der Waals surface area contributed by atoms with E-state index < -0.39 is 18.0 Å². The summed E-state index contributed by atoms with van der Waals surface area (Å²) in [5.41, 5.74) is 6.99. The summed E-state index contributed by atoms with van der Waals surface area (Å²) in [7, 11) is 5.14. The quantitative estimate of drug-likeness (QED) is 0.129. The summed E-state index contributed by atoms with van der Waals surface area (Å²) in [5, 5.41) is 45.6. The first-order valence-corrected chi connectivity index (χ1v) is 18.9. The number of methoxy groups -OCH3 is 1. The minimum Gasteiger partial charge on any atom is -0.497 e. The number of nitriles is 2. The molecule has 4 aromatic heterocycles. The Hall–Kier alpha value is -6.36. The van der Waals surface area contributed by atoms with E-state index in [0.29, 0.717) is 58.5 Å². The number of halogens is 4. The predicted molar refractivity (Wildman–Crippen MR) is 215 cm³/mol. The van der Waals surface area contributed by atoms with Crippen LogP contribution in [0, 0.1) is 34.3 Å². The van der Waals surface area contributed by atoms with E-state index in [9.17, 15) is 13.9 Å². The fourth-order valence-corrected chi connectivity index (χ4v) is 6.80. The monoisotopic (exact) mass is 838 g/mol. The maximum Gasteiger partial charge on any atom is 0.162 e. The number of aliphatic hydroxyl groups is 1. The Morgan fingerprint density at radius 2 is 1.15 bits per heavy atom. The van der Waals surface area contributed by atoms with Crippen LogP contribution in [0.25, 0.3) is 11.4 Å². The van der Waals surface area contributed by atoms with Gasteiger partial charge < -0.3 is 14.6 Å². The standard InChI is InChI=1S/C25H23ClFN5O2.C17H15ClFN5O/c1-16(34-15-17-4-7-22(33-3)8-5-17)23-10-18(27)6-9-24(23)32-21(13-25(26)30-32)12-20-11-19(14-28)29-31(20)2;1-10(25)15-5-11(19)3-4-16(15)24-14(8-17(18)22-24)7-13-6-12(9-20)21-23(13)2/h4-11,13,16H,12,15H2,1-3H3;3-6,8,10,25H,7H2,1-2H3/t16-;10-/m11/s1. The largest absolute Gasteiger partial charge is 0.497 e. The van der Waals surface area contributed by atoms with E-state index in [0.717, 1.165) is 34.1 Å². The number of aromatic nitrogens is 8. The molecule has 2 atom stereocenters. The van der Waals surface area contributed by atoms with Crippen LogP contribution in [-0.4, -0.2) is 51.3 Å². The van der Waals surface area contributed by atoms with Crippen LogP contribution in [0.5, 0.6) is 5.75 Å². The van der Waals surface area contributed by atoms with Crippen LogP contribution in [0.3, 0.4) is 0 Å². The van der Waals surface area contributed by atoms with Gasteiger partial charge in [0, 0.05) is 49.5 Å². The summed E-state index contributed by atoms with van der Waals surface area (Å²) >= 11 is 12.3. The number of rotatable bonds is 12. The third-order valence-corrected chi connectivity index (χ3v) is 9.77. The highest BCUT2D eigenvalue weighted by atomic mass is 35.5. The van der Waals surface area contributed by atoms with Gasteiger partial charge in [0.1, 0.15) is 29.5 Å². The molecule has 0 spiro atoms. The number of nitrogens with zero attached hydrogens (tertiary/aromatic N) is 10. The number of benzene rings is 3. The highest BCUT2D eigenvalue weighted by Gasteiger charge is 2.20. The molecule has 0 saturated carbocycles. The summed E-state index contributed by atoms with van der Waals surface area (Å²) in [4.78, 5) is 0. The Kier molecular flexibility index (Phi) is 13.2. The van der Waals surface area contributed by atoms with Gasteiger partial charge in [0.25, 0.3) is 0 Å². The molecule has 0 unspecified atom stereocenters. The van der Waals surface area contributed by atoms with Crippen molar-refractivity contribution in [2.75, 3.05) is 7.11 Å². The Labute approximate surface area is 348 Å². The Balaban J connectivity index is 0.000000208. The molecule has 1 N–H and O–H groups in total. The second-order valence-corrected chi connectivity index (χ2v) is 14.3. The number of hydrogen-bond acceptors (Lipinski definition) is 9. The normalized spacial score (nSPS) is 12.0. The van der Waals surface area contributed by atoms with Crippen LogP contribution in [-0.2, 0) is 38.3 Å². The maximum atomic E-state index is 14.2. The molecule has 0 aliphatic carbocycles. The van der Waals surface area contributed by atoms with Crippen LogP contribution in [0.15, 0.2) is 84.9 Å². The lowest BCUT2D eigenvalue weighted by Crippen LogP contribution is -2.11. The van der Waals surface area contributed by atoms with Crippen molar-refractivity contribution in [3.63, 3.8) is 0 Å². The van der Waals surface area contributed by atoms with Gasteiger partial charge in [-0.2, -0.15) is 30.9 Å². The van der Waals surface area contributed by atoms with Crippen LogP contribution < -0.4 is 4.74 Å². The number of aryl methyl sites for hydroxylation is 2. The lowest BCUT2D eigenvalue weighted by Gasteiger charge is -2.19. The molecule has 0 saturated heterocycles. The van der Waals surface area contributed by atoms with Crippen molar-refractivity contribution in [1.29, 1.82) is 10.5 Å². The Morgan fingerprint density at radius 1 is 0.678 bits per heavy atom. The molecule has 7 rings (SSSR count). The third-order valence-electron chi connectivity index (χ3n) is 9.40. The van der Waals surface area contributed by atoms with E-state index in [-0.39, 0.29) is 11.0 Å². The van der Waals surface area contributed by atoms with Crippen molar-refractivity contribution in [2.24, 2.45) is 14.1 Å². The summed E-state index contributed by atoms with van der Waals surface area (Å²) < 4.78 is 45.6. The van der Waals surface area contributed by atoms with Gasteiger partial charge in [-0.1, -0.05) is 35.3 Å². The Morgan fingerprint density at radius 3 is 1.59 bits per heavy atom. The van der Waals surface area contributed by atoms with Crippen LogP contribution >= 0.6 is 23.2 Å². The van der Waals surface area contributed by atoms with Gasteiger partial charge in [-0.05, 0) is 92.2 Å². The first-order valence-electron chi connectivity index (χ1n) is 18.1. The second kappa shape index (κ2) is 18.5. The Bertz CT molecular complexity index is 2670. The van der Waals surface area contributed by atoms with Crippen molar-refractivity contribution in [3.8, 4) is 29.3 Å². The summed E-state index contributed by atoms with van der Waals surface area (Å²) in [6.07, 6.45) is -0.446. The van der Waals surface area contributed by atoms with Crippen molar-refractivity contribution >= 4 is 23.2 Å². The van der Waals surface area contributed by atoms with Crippen LogP contribution in [0.1, 0.15) is 76.9 Å². The first-order chi connectivity index (χ1) is 28.3. The van der Waals surface area contributed by atoms with E-state index in [1.54, 1.807) is 83.3 Å². The van der Waals surface area contributed by atoms with E-state index in [4.69, 9.17) is 43.2 Å². The summed E-state index contributed by atoms with van der Waals surface area (Å²) in [6, 6.07) is 27.1. The molecule has 0 radical (unpaired) electrons. The molecular formula is C42H38Cl2F2N10O3. The summed E-state index contributed by atoms with van der Waals surface area (Å²) in [5.74, 6) is -0.0453. The van der Waals surface area contributed by atoms with Crippen molar-refractivity contribution in [3.05, 3.63) is 158 Å². The molecule has 3 aromatic carbocycles. The summed E-state index contributed by atoms with van der Waals surface area (Å²) in [6.45, 7) is 3.77. The van der Waals surface area contributed by atoms with Crippen LogP contribution in [0.2, 0.25) is 10.3 Å². The van der Waals surface area contributed by atoms with Gasteiger partial charge in [0.2, 0.25) is 0 Å². The predicted octanol–water partition coefficient (Wildman–Crippen LogP) is 8.06. The van der Waals surface area contributed by atoms with Crippen molar-refractivity contribution in [1.82, 2.24) is 39.1 Å². The molecule has 4 heterocycles. The lowest BCUT2D eigenvalue weighted by molar-refractivity contribution is 0.0522. The zero-order valence-electron chi connectivity index (χ0n) is 32.6. The van der Waals surface area contributed by atoms with Crippen molar-refractivity contribution in [2.45, 2.75) is 45.5 Å². The third kappa shape index (κ3) is 10.0. The molecule has 0 fully saturated rings. The highest BCUT2D eigenvalue weighted by molar-refractivity contribution is 6.29. The molecule has 59 heavy (non-hydrogen) atoms. The molecule has 302 valence electrons. The minimum absolute atomic E-state index is 0.276. The number of aliphatic hydroxyl groups excluding tert-OH is 1. The molecule has 17 heteroatoms. The zero-order chi connectivity index (χ0) is 42.4. The van der Waals surface area contributed by atoms with Gasteiger partial charge in [-0.25, -0.2) is 18.1 Å². The van der Waals surface area contributed by atoms with Gasteiger partial charge in [0.15, 0.2) is 21.7 Å². The van der Waals surface area contributed by atoms with Crippen molar-refractivity contribution < 1.29 is 23.4 Å². The van der Waals surface area contributed by atoms with Gasteiger partial charge in [0.05, 0.1) is 48.7 Å². The average Bonchev–Trinajstić information content (AvgIpc) is 3.98. The molecular weight excluding hydrogens is 801 g/mol. The molecule has 0 aliphatic rings. The second-order valence-electron chi connectivity index (χ2n) is 13.5.